The summed E-state index contributed by atoms with van der Waals surface area (Å²) in [5.74, 6) is -0.267. The number of benzene rings is 2. The van der Waals surface area contributed by atoms with Crippen LogP contribution < -0.4 is 4.72 Å². The molecule has 5 rings (SSSR count). The summed E-state index contributed by atoms with van der Waals surface area (Å²) in [6.45, 7) is 1.47. The molecule has 0 fully saturated rings. The zero-order valence-corrected chi connectivity index (χ0v) is 23.9. The minimum atomic E-state index is -4.05. The summed E-state index contributed by atoms with van der Waals surface area (Å²) in [4.78, 5) is 11.9. The molecule has 0 aliphatic rings. The van der Waals surface area contributed by atoms with Crippen LogP contribution in [0.3, 0.4) is 0 Å². The third kappa shape index (κ3) is 5.22. The molecule has 0 spiro atoms. The van der Waals surface area contributed by atoms with Gasteiger partial charge in [-0.1, -0.05) is 41.6 Å². The van der Waals surface area contributed by atoms with Gasteiger partial charge in [-0.05, 0) is 30.7 Å². The number of pyridine rings is 1. The molecule has 0 atom stereocenters. The predicted molar refractivity (Wildman–Crippen MR) is 150 cm³/mol. The van der Waals surface area contributed by atoms with Gasteiger partial charge in [0.2, 0.25) is 30.8 Å². The van der Waals surface area contributed by atoms with Gasteiger partial charge >= 0.3 is 0 Å². The Bertz CT molecular complexity index is 2040. The topological polar surface area (TPSA) is 182 Å². The summed E-state index contributed by atoms with van der Waals surface area (Å²) in [5.41, 5.74) is 2.87. The van der Waals surface area contributed by atoms with Crippen LogP contribution in [0.5, 0.6) is 0 Å². The number of anilines is 1. The highest BCUT2D eigenvalue weighted by Gasteiger charge is 2.31. The fourth-order valence-electron chi connectivity index (χ4n) is 4.19. The van der Waals surface area contributed by atoms with Crippen molar-refractivity contribution in [1.82, 2.24) is 20.1 Å². The van der Waals surface area contributed by atoms with Gasteiger partial charge < -0.3 is 9.51 Å². The highest BCUT2D eigenvalue weighted by Crippen LogP contribution is 2.41. The van der Waals surface area contributed by atoms with E-state index in [1.807, 2.05) is 30.3 Å². The first-order chi connectivity index (χ1) is 18.8. The number of nitrogens with zero attached hydrogens (tertiary/aromatic N) is 3. The molecule has 5 aromatic rings. The number of hydrogen-bond donors (Lipinski definition) is 2. The second-order valence-electron chi connectivity index (χ2n) is 8.97. The summed E-state index contributed by atoms with van der Waals surface area (Å²) < 4.78 is 82.3. The van der Waals surface area contributed by atoms with E-state index in [9.17, 15) is 25.3 Å². The number of aromatic nitrogens is 4. The van der Waals surface area contributed by atoms with Gasteiger partial charge in [0.25, 0.3) is 5.09 Å². The number of rotatable bonds is 8. The Hall–Kier alpha value is -4.08. The van der Waals surface area contributed by atoms with Crippen LogP contribution in [-0.2, 0) is 29.7 Å². The van der Waals surface area contributed by atoms with Gasteiger partial charge in [0.05, 0.1) is 28.0 Å². The lowest BCUT2D eigenvalue weighted by Gasteiger charge is -2.12. The highest BCUT2D eigenvalue weighted by atomic mass is 32.2. The van der Waals surface area contributed by atoms with Gasteiger partial charge in [0.15, 0.2) is 9.84 Å². The molecular formula is C25H23N5O7S3. The molecule has 0 aliphatic carbocycles. The van der Waals surface area contributed by atoms with Crippen molar-refractivity contribution < 1.29 is 29.8 Å². The van der Waals surface area contributed by atoms with Crippen LogP contribution in [-0.4, -0.2) is 63.6 Å². The molecule has 12 nitrogen and oxygen atoms in total. The molecule has 15 heteroatoms. The normalized spacial score (nSPS) is 12.6. The maximum absolute atomic E-state index is 12.6. The Labute approximate surface area is 230 Å². The third-order valence-corrected chi connectivity index (χ3v) is 9.17. The van der Waals surface area contributed by atoms with Crippen molar-refractivity contribution in [3.63, 3.8) is 0 Å². The van der Waals surface area contributed by atoms with Crippen molar-refractivity contribution in [3.8, 4) is 33.5 Å². The lowest BCUT2D eigenvalue weighted by molar-refractivity contribution is 0.329. The predicted octanol–water partition coefficient (Wildman–Crippen LogP) is 3.52. The van der Waals surface area contributed by atoms with Crippen LogP contribution >= 0.6 is 0 Å². The molecule has 3 heterocycles. The van der Waals surface area contributed by atoms with Crippen molar-refractivity contribution >= 4 is 46.7 Å². The molecule has 0 unspecified atom stereocenters. The number of sulfone groups is 2. The molecule has 40 heavy (non-hydrogen) atoms. The number of nitrogens with one attached hydrogen (secondary N) is 2. The second kappa shape index (κ2) is 9.83. The zero-order chi connectivity index (χ0) is 28.9. The van der Waals surface area contributed by atoms with E-state index in [1.54, 1.807) is 24.4 Å². The first-order valence-electron chi connectivity index (χ1n) is 11.7. The Kier molecular flexibility index (Phi) is 6.76. The number of H-pyrrole nitrogens is 1. The van der Waals surface area contributed by atoms with Crippen LogP contribution in [0.2, 0.25) is 0 Å². The number of sulfonamides is 1. The van der Waals surface area contributed by atoms with Gasteiger partial charge in [-0.15, -0.1) is 0 Å². The van der Waals surface area contributed by atoms with Crippen molar-refractivity contribution in [2.45, 2.75) is 17.0 Å². The lowest BCUT2D eigenvalue weighted by Crippen LogP contribution is -2.15. The maximum atomic E-state index is 12.6. The minimum Gasteiger partial charge on any atom is -0.343 e. The molecule has 3 aromatic heterocycles. The highest BCUT2D eigenvalue weighted by molar-refractivity contribution is 7.92. The molecule has 0 saturated heterocycles. The van der Waals surface area contributed by atoms with Crippen molar-refractivity contribution in [2.75, 3.05) is 23.0 Å². The molecule has 208 valence electrons. The second-order valence-corrected chi connectivity index (χ2v) is 14.8. The molecular weight excluding hydrogens is 579 g/mol. The number of imidazole rings is 1. The summed E-state index contributed by atoms with van der Waals surface area (Å²) in [5, 5.41) is 2.39. The van der Waals surface area contributed by atoms with E-state index in [0.717, 1.165) is 18.1 Å². The third-order valence-electron chi connectivity index (χ3n) is 5.97. The zero-order valence-electron chi connectivity index (χ0n) is 21.4. The lowest BCUT2D eigenvalue weighted by atomic mass is 9.95. The van der Waals surface area contributed by atoms with Crippen LogP contribution in [0, 0.1) is 0 Å². The summed E-state index contributed by atoms with van der Waals surface area (Å²) >= 11 is 0. The first-order valence-corrected chi connectivity index (χ1v) is 17.2. The SMILES string of the molecule is CCS(=O)(=O)Nc1nc2c(-c3cccnc3-c3ccccc3)cc(-c3c(S(C)(=O)=O)noc3S(C)(=O)=O)cc2[nH]1. The van der Waals surface area contributed by atoms with E-state index in [4.69, 9.17) is 4.52 Å². The standard InChI is InChI=1S/C25H23N5O7S3/c1-4-40(35,36)30-25-27-19-14-16(20-23(38(2,31)32)29-37-24(20)39(3,33)34)13-18(22(19)28-25)17-11-8-12-26-21(17)15-9-6-5-7-10-15/h5-14H,4H2,1-3H3,(H2,27,28,30). The Balaban J connectivity index is 1.88. The summed E-state index contributed by atoms with van der Waals surface area (Å²) in [6, 6.07) is 15.8. The average Bonchev–Trinajstić information content (AvgIpc) is 3.53. The van der Waals surface area contributed by atoms with Crippen molar-refractivity contribution in [2.24, 2.45) is 0 Å². The van der Waals surface area contributed by atoms with Gasteiger partial charge in [-0.2, -0.15) is 0 Å². The van der Waals surface area contributed by atoms with Gasteiger partial charge in [-0.3, -0.25) is 9.71 Å². The van der Waals surface area contributed by atoms with E-state index in [2.05, 4.69) is 24.8 Å². The minimum absolute atomic E-state index is 0.0719. The maximum Gasteiger partial charge on any atom is 0.259 e. The molecule has 0 amide bonds. The Morgan fingerprint density at radius 2 is 1.60 bits per heavy atom. The smallest absolute Gasteiger partial charge is 0.259 e. The van der Waals surface area contributed by atoms with E-state index in [0.29, 0.717) is 27.9 Å². The molecule has 0 bridgehead atoms. The first kappa shape index (κ1) is 27.5. The van der Waals surface area contributed by atoms with Crippen LogP contribution in [0.4, 0.5) is 5.95 Å². The van der Waals surface area contributed by atoms with Gasteiger partial charge in [0, 0.05) is 35.4 Å². The average molecular weight is 602 g/mol. The fourth-order valence-corrected chi connectivity index (χ4v) is 6.30. The molecule has 2 aromatic carbocycles. The summed E-state index contributed by atoms with van der Waals surface area (Å²) in [6.07, 6.45) is 3.38. The van der Waals surface area contributed by atoms with Gasteiger partial charge in [-0.25, -0.2) is 30.2 Å². The van der Waals surface area contributed by atoms with E-state index >= 15 is 0 Å². The molecule has 0 radical (unpaired) electrons. The molecule has 2 N–H and O–H groups in total. The van der Waals surface area contributed by atoms with Crippen LogP contribution in [0.1, 0.15) is 6.92 Å². The number of hydrogen-bond acceptors (Lipinski definition) is 10. The summed E-state index contributed by atoms with van der Waals surface area (Å²) in [7, 11) is -11.8. The van der Waals surface area contributed by atoms with Gasteiger partial charge in [0.1, 0.15) is 0 Å². The monoisotopic (exact) mass is 601 g/mol. The van der Waals surface area contributed by atoms with E-state index in [1.165, 1.54) is 13.0 Å². The number of fused-ring (bicyclic) bond motifs is 1. The van der Waals surface area contributed by atoms with E-state index < -0.39 is 39.8 Å². The fraction of sp³-hybridized carbons (Fsp3) is 0.160. The van der Waals surface area contributed by atoms with E-state index in [-0.39, 0.29) is 22.8 Å². The quantitative estimate of drug-likeness (QED) is 0.267. The largest absolute Gasteiger partial charge is 0.343 e. The van der Waals surface area contributed by atoms with Crippen LogP contribution in [0.25, 0.3) is 44.5 Å². The van der Waals surface area contributed by atoms with Crippen LogP contribution in [0.15, 0.2) is 75.4 Å². The number of aromatic amines is 1. The Morgan fingerprint density at radius 1 is 0.875 bits per heavy atom. The van der Waals surface area contributed by atoms with Crippen molar-refractivity contribution in [1.29, 1.82) is 0 Å². The Morgan fingerprint density at radius 3 is 2.25 bits per heavy atom. The molecule has 0 saturated carbocycles. The van der Waals surface area contributed by atoms with Crippen molar-refractivity contribution in [3.05, 3.63) is 60.8 Å². The molecule has 0 aliphatic heterocycles.